The van der Waals surface area contributed by atoms with Crippen molar-refractivity contribution in [1.82, 2.24) is 5.32 Å². The van der Waals surface area contributed by atoms with Crippen LogP contribution in [-0.2, 0) is 6.42 Å². The van der Waals surface area contributed by atoms with Crippen molar-refractivity contribution in [2.24, 2.45) is 11.8 Å². The van der Waals surface area contributed by atoms with E-state index in [1.807, 2.05) is 0 Å². The quantitative estimate of drug-likeness (QED) is 0.829. The molecule has 0 bridgehead atoms. The molecule has 0 saturated heterocycles. The lowest BCUT2D eigenvalue weighted by Crippen LogP contribution is -2.37. The van der Waals surface area contributed by atoms with Gasteiger partial charge >= 0.3 is 0 Å². The van der Waals surface area contributed by atoms with Gasteiger partial charge in [0.25, 0.3) is 0 Å². The topological polar surface area (TPSA) is 12.0 Å². The number of rotatable bonds is 5. The second-order valence-corrected chi connectivity index (χ2v) is 6.27. The molecule has 106 valence electrons. The normalized spacial score (nSPS) is 25.2. The minimum Gasteiger partial charge on any atom is -0.316 e. The highest BCUT2D eigenvalue weighted by Crippen LogP contribution is 2.33. The van der Waals surface area contributed by atoms with Crippen molar-refractivity contribution < 1.29 is 0 Å². The van der Waals surface area contributed by atoms with Crippen LogP contribution in [0.4, 0.5) is 0 Å². The van der Waals surface area contributed by atoms with E-state index in [1.165, 1.54) is 49.7 Å². The first-order chi connectivity index (χ1) is 9.22. The van der Waals surface area contributed by atoms with Gasteiger partial charge in [-0.3, -0.25) is 0 Å². The molecule has 1 heteroatoms. The Labute approximate surface area is 118 Å². The van der Waals surface area contributed by atoms with Gasteiger partial charge in [-0.2, -0.15) is 0 Å². The zero-order valence-corrected chi connectivity index (χ0v) is 12.8. The van der Waals surface area contributed by atoms with Crippen LogP contribution in [-0.4, -0.2) is 13.1 Å². The van der Waals surface area contributed by atoms with Crippen molar-refractivity contribution in [3.8, 4) is 0 Å². The molecule has 0 radical (unpaired) electrons. The average Bonchev–Trinajstić information content (AvgIpc) is 2.47. The van der Waals surface area contributed by atoms with Gasteiger partial charge in [0, 0.05) is 6.04 Å². The fourth-order valence-corrected chi connectivity index (χ4v) is 3.48. The molecular weight excluding hydrogens is 230 g/mol. The SMILES string of the molecule is CCC1CCC(C(Cc2ccc(C)cc2)NC)CC1. The van der Waals surface area contributed by atoms with Crippen molar-refractivity contribution in [2.45, 2.75) is 58.4 Å². The molecule has 0 heterocycles. The van der Waals surface area contributed by atoms with Gasteiger partial charge in [-0.25, -0.2) is 0 Å². The fourth-order valence-electron chi connectivity index (χ4n) is 3.48. The van der Waals surface area contributed by atoms with Gasteiger partial charge < -0.3 is 5.32 Å². The lowest BCUT2D eigenvalue weighted by atomic mass is 9.76. The van der Waals surface area contributed by atoms with E-state index in [2.05, 4.69) is 50.5 Å². The predicted octanol–water partition coefficient (Wildman–Crippen LogP) is 4.34. The molecule has 1 atom stereocenters. The molecule has 19 heavy (non-hydrogen) atoms. The summed E-state index contributed by atoms with van der Waals surface area (Å²) >= 11 is 0. The number of hydrogen-bond acceptors (Lipinski definition) is 1. The molecule has 1 N–H and O–H groups in total. The third-order valence-corrected chi connectivity index (χ3v) is 4.98. The Morgan fingerprint density at radius 2 is 1.74 bits per heavy atom. The van der Waals surface area contributed by atoms with E-state index in [1.54, 1.807) is 0 Å². The van der Waals surface area contributed by atoms with E-state index in [9.17, 15) is 0 Å². The van der Waals surface area contributed by atoms with Crippen LogP contribution in [0.2, 0.25) is 0 Å². The molecule has 0 spiro atoms. The van der Waals surface area contributed by atoms with Crippen molar-refractivity contribution in [1.29, 1.82) is 0 Å². The Morgan fingerprint density at radius 1 is 1.11 bits per heavy atom. The van der Waals surface area contributed by atoms with Crippen molar-refractivity contribution in [3.63, 3.8) is 0 Å². The van der Waals surface area contributed by atoms with Crippen LogP contribution in [0.15, 0.2) is 24.3 Å². The van der Waals surface area contributed by atoms with E-state index >= 15 is 0 Å². The van der Waals surface area contributed by atoms with Crippen LogP contribution >= 0.6 is 0 Å². The fraction of sp³-hybridized carbons (Fsp3) is 0.667. The Bertz CT molecular complexity index is 360. The van der Waals surface area contributed by atoms with E-state index in [4.69, 9.17) is 0 Å². The molecule has 1 unspecified atom stereocenters. The van der Waals surface area contributed by atoms with E-state index < -0.39 is 0 Å². The Balaban J connectivity index is 1.91. The Kier molecular flexibility index (Phi) is 5.45. The van der Waals surface area contributed by atoms with Crippen molar-refractivity contribution in [2.75, 3.05) is 7.05 Å². The van der Waals surface area contributed by atoms with Gasteiger partial charge in [-0.05, 0) is 50.6 Å². The molecule has 0 amide bonds. The molecule has 1 aliphatic rings. The highest BCUT2D eigenvalue weighted by molar-refractivity contribution is 5.22. The lowest BCUT2D eigenvalue weighted by Gasteiger charge is -2.33. The van der Waals surface area contributed by atoms with Crippen LogP contribution in [0.3, 0.4) is 0 Å². The maximum absolute atomic E-state index is 3.57. The van der Waals surface area contributed by atoms with E-state index in [-0.39, 0.29) is 0 Å². The van der Waals surface area contributed by atoms with E-state index in [0.29, 0.717) is 6.04 Å². The van der Waals surface area contributed by atoms with Crippen LogP contribution in [0.5, 0.6) is 0 Å². The first-order valence-corrected chi connectivity index (χ1v) is 7.95. The molecular formula is C18H29N. The number of nitrogens with one attached hydrogen (secondary N) is 1. The summed E-state index contributed by atoms with van der Waals surface area (Å²) in [6, 6.07) is 9.70. The standard InChI is InChI=1S/C18H29N/c1-4-15-9-11-17(12-10-15)18(19-3)13-16-7-5-14(2)6-8-16/h5-8,15,17-19H,4,9-13H2,1-3H3. The molecule has 1 aromatic rings. The van der Waals surface area contributed by atoms with Crippen molar-refractivity contribution in [3.05, 3.63) is 35.4 Å². The smallest absolute Gasteiger partial charge is 0.0133 e. The van der Waals surface area contributed by atoms with Gasteiger partial charge in [0.05, 0.1) is 0 Å². The minimum absolute atomic E-state index is 0.653. The maximum atomic E-state index is 3.57. The molecule has 0 aliphatic heterocycles. The number of likely N-dealkylation sites (N-methyl/N-ethyl adjacent to an activating group) is 1. The monoisotopic (exact) mass is 259 g/mol. The Hall–Kier alpha value is -0.820. The molecule has 1 nitrogen and oxygen atoms in total. The van der Waals surface area contributed by atoms with Gasteiger partial charge in [-0.15, -0.1) is 0 Å². The zero-order chi connectivity index (χ0) is 13.7. The molecule has 1 aromatic carbocycles. The number of hydrogen-bond donors (Lipinski definition) is 1. The first-order valence-electron chi connectivity index (χ1n) is 7.95. The predicted molar refractivity (Wildman–Crippen MR) is 83.5 cm³/mol. The summed E-state index contributed by atoms with van der Waals surface area (Å²) < 4.78 is 0. The summed E-state index contributed by atoms with van der Waals surface area (Å²) in [5.41, 5.74) is 2.83. The largest absolute Gasteiger partial charge is 0.316 e. The Morgan fingerprint density at radius 3 is 2.26 bits per heavy atom. The highest BCUT2D eigenvalue weighted by Gasteiger charge is 2.26. The number of benzene rings is 1. The number of aryl methyl sites for hydroxylation is 1. The first kappa shape index (κ1) is 14.6. The summed E-state index contributed by atoms with van der Waals surface area (Å²) in [5, 5.41) is 3.57. The summed E-state index contributed by atoms with van der Waals surface area (Å²) in [7, 11) is 2.13. The van der Waals surface area contributed by atoms with Crippen LogP contribution < -0.4 is 5.32 Å². The maximum Gasteiger partial charge on any atom is 0.0133 e. The third-order valence-electron chi connectivity index (χ3n) is 4.98. The molecule has 1 aliphatic carbocycles. The summed E-state index contributed by atoms with van der Waals surface area (Å²) in [6.07, 6.45) is 8.25. The van der Waals surface area contributed by atoms with Gasteiger partial charge in [-0.1, -0.05) is 56.0 Å². The second-order valence-electron chi connectivity index (χ2n) is 6.27. The van der Waals surface area contributed by atoms with Gasteiger partial charge in [0.2, 0.25) is 0 Å². The van der Waals surface area contributed by atoms with Crippen molar-refractivity contribution >= 4 is 0 Å². The van der Waals surface area contributed by atoms with Crippen LogP contribution in [0.1, 0.15) is 50.2 Å². The molecule has 1 saturated carbocycles. The summed E-state index contributed by atoms with van der Waals surface area (Å²) in [4.78, 5) is 0. The molecule has 2 rings (SSSR count). The minimum atomic E-state index is 0.653. The van der Waals surface area contributed by atoms with Crippen LogP contribution in [0, 0.1) is 18.8 Å². The zero-order valence-electron chi connectivity index (χ0n) is 12.8. The van der Waals surface area contributed by atoms with Crippen LogP contribution in [0.25, 0.3) is 0 Å². The van der Waals surface area contributed by atoms with Gasteiger partial charge in [0.15, 0.2) is 0 Å². The molecule has 1 fully saturated rings. The summed E-state index contributed by atoms with van der Waals surface area (Å²) in [6.45, 7) is 4.50. The second kappa shape index (κ2) is 7.09. The summed E-state index contributed by atoms with van der Waals surface area (Å²) in [5.74, 6) is 1.86. The lowest BCUT2D eigenvalue weighted by molar-refractivity contribution is 0.222. The third kappa shape index (κ3) is 4.07. The van der Waals surface area contributed by atoms with E-state index in [0.717, 1.165) is 11.8 Å². The van der Waals surface area contributed by atoms with Gasteiger partial charge in [0.1, 0.15) is 0 Å². The highest BCUT2D eigenvalue weighted by atomic mass is 14.9. The molecule has 0 aromatic heterocycles. The average molecular weight is 259 g/mol.